The SMILES string of the molecule is CCCc1c(F)cccc1Oc1cc2cccc(F)c2nc1C. The molecule has 2 nitrogen and oxygen atoms in total. The van der Waals surface area contributed by atoms with Gasteiger partial charge in [0.25, 0.3) is 0 Å². The highest BCUT2D eigenvalue weighted by atomic mass is 19.1. The van der Waals surface area contributed by atoms with Crippen LogP contribution in [-0.2, 0) is 6.42 Å². The molecule has 0 aliphatic carbocycles. The Bertz CT molecular complexity index is 861. The Kier molecular flexibility index (Phi) is 4.24. The lowest BCUT2D eigenvalue weighted by Gasteiger charge is -2.13. The Hall–Kier alpha value is -2.49. The second-order valence-corrected chi connectivity index (χ2v) is 5.45. The number of ether oxygens (including phenoxy) is 1. The van der Waals surface area contributed by atoms with Crippen molar-refractivity contribution in [3.05, 3.63) is 65.4 Å². The van der Waals surface area contributed by atoms with Crippen molar-refractivity contribution in [1.29, 1.82) is 0 Å². The number of aromatic nitrogens is 1. The average molecular weight is 313 g/mol. The second kappa shape index (κ2) is 6.32. The Morgan fingerprint density at radius 3 is 2.52 bits per heavy atom. The number of fused-ring (bicyclic) bond motifs is 1. The van der Waals surface area contributed by atoms with E-state index >= 15 is 0 Å². The van der Waals surface area contributed by atoms with Crippen molar-refractivity contribution in [3.63, 3.8) is 0 Å². The molecule has 0 unspecified atom stereocenters. The van der Waals surface area contributed by atoms with Crippen LogP contribution in [0.25, 0.3) is 10.9 Å². The fraction of sp³-hybridized carbons (Fsp3) is 0.211. The molecule has 0 saturated heterocycles. The van der Waals surface area contributed by atoms with Crippen LogP contribution in [0, 0.1) is 18.6 Å². The molecule has 2 aromatic carbocycles. The molecule has 23 heavy (non-hydrogen) atoms. The Labute approximate surface area is 133 Å². The van der Waals surface area contributed by atoms with Gasteiger partial charge in [-0.2, -0.15) is 0 Å². The van der Waals surface area contributed by atoms with Gasteiger partial charge < -0.3 is 4.74 Å². The number of benzene rings is 2. The number of hydrogen-bond acceptors (Lipinski definition) is 2. The molecule has 1 aromatic heterocycles. The second-order valence-electron chi connectivity index (χ2n) is 5.45. The fourth-order valence-electron chi connectivity index (χ4n) is 2.58. The third-order valence-corrected chi connectivity index (χ3v) is 3.74. The summed E-state index contributed by atoms with van der Waals surface area (Å²) in [7, 11) is 0. The number of rotatable bonds is 4. The summed E-state index contributed by atoms with van der Waals surface area (Å²) in [5.41, 5.74) is 1.42. The summed E-state index contributed by atoms with van der Waals surface area (Å²) < 4.78 is 33.7. The van der Waals surface area contributed by atoms with Crippen LogP contribution < -0.4 is 4.74 Å². The van der Waals surface area contributed by atoms with Gasteiger partial charge in [-0.15, -0.1) is 0 Å². The Balaban J connectivity index is 2.05. The predicted molar refractivity (Wildman–Crippen MR) is 86.9 cm³/mol. The summed E-state index contributed by atoms with van der Waals surface area (Å²) in [5, 5.41) is 0.652. The minimum absolute atomic E-state index is 0.276. The average Bonchev–Trinajstić information content (AvgIpc) is 2.52. The maximum absolute atomic E-state index is 14.0. The number of nitrogens with zero attached hydrogens (tertiary/aromatic N) is 1. The van der Waals surface area contributed by atoms with Crippen molar-refractivity contribution in [1.82, 2.24) is 4.98 Å². The fourth-order valence-corrected chi connectivity index (χ4v) is 2.58. The largest absolute Gasteiger partial charge is 0.455 e. The monoisotopic (exact) mass is 313 g/mol. The quantitative estimate of drug-likeness (QED) is 0.628. The lowest BCUT2D eigenvalue weighted by Crippen LogP contribution is -1.98. The molecular formula is C19H17F2NO. The highest BCUT2D eigenvalue weighted by molar-refractivity contribution is 5.81. The first-order chi connectivity index (χ1) is 11.1. The molecule has 0 atom stereocenters. The van der Waals surface area contributed by atoms with Gasteiger partial charge in [0, 0.05) is 10.9 Å². The molecule has 1 heterocycles. The van der Waals surface area contributed by atoms with E-state index < -0.39 is 0 Å². The van der Waals surface area contributed by atoms with Crippen LogP contribution in [0.3, 0.4) is 0 Å². The van der Waals surface area contributed by atoms with Crippen LogP contribution >= 0.6 is 0 Å². The van der Waals surface area contributed by atoms with E-state index in [1.54, 1.807) is 37.3 Å². The van der Waals surface area contributed by atoms with Gasteiger partial charge in [-0.25, -0.2) is 13.8 Å². The van der Waals surface area contributed by atoms with Crippen LogP contribution in [0.5, 0.6) is 11.5 Å². The van der Waals surface area contributed by atoms with Crippen LogP contribution in [-0.4, -0.2) is 4.98 Å². The van der Waals surface area contributed by atoms with E-state index in [2.05, 4.69) is 4.98 Å². The Morgan fingerprint density at radius 2 is 1.74 bits per heavy atom. The van der Waals surface area contributed by atoms with Crippen molar-refractivity contribution in [2.45, 2.75) is 26.7 Å². The first kappa shape index (κ1) is 15.4. The minimum Gasteiger partial charge on any atom is -0.455 e. The molecule has 118 valence electrons. The minimum atomic E-state index is -0.366. The van der Waals surface area contributed by atoms with Gasteiger partial charge in [0.15, 0.2) is 0 Å². The molecule has 3 aromatic rings. The molecule has 0 amide bonds. The number of pyridine rings is 1. The molecule has 0 bridgehead atoms. The maximum atomic E-state index is 14.0. The van der Waals surface area contributed by atoms with Crippen LogP contribution in [0.1, 0.15) is 24.6 Å². The smallest absolute Gasteiger partial charge is 0.149 e. The number of hydrogen-bond donors (Lipinski definition) is 0. The molecule has 4 heteroatoms. The molecule has 0 saturated carbocycles. The van der Waals surface area contributed by atoms with E-state index in [-0.39, 0.29) is 11.6 Å². The van der Waals surface area contributed by atoms with Gasteiger partial charge >= 0.3 is 0 Å². The van der Waals surface area contributed by atoms with E-state index in [1.165, 1.54) is 12.1 Å². The normalized spacial score (nSPS) is 11.0. The Morgan fingerprint density at radius 1 is 1.00 bits per heavy atom. The first-order valence-corrected chi connectivity index (χ1v) is 7.61. The van der Waals surface area contributed by atoms with E-state index in [1.807, 2.05) is 6.92 Å². The molecule has 0 fully saturated rings. The maximum Gasteiger partial charge on any atom is 0.149 e. The summed E-state index contributed by atoms with van der Waals surface area (Å²) in [6.45, 7) is 3.74. The zero-order valence-electron chi connectivity index (χ0n) is 13.1. The third kappa shape index (κ3) is 3.02. The summed E-state index contributed by atoms with van der Waals surface area (Å²) in [5.74, 6) is 0.343. The van der Waals surface area contributed by atoms with E-state index in [9.17, 15) is 8.78 Å². The first-order valence-electron chi connectivity index (χ1n) is 7.61. The van der Waals surface area contributed by atoms with Crippen molar-refractivity contribution in [2.75, 3.05) is 0 Å². The lowest BCUT2D eigenvalue weighted by atomic mass is 10.1. The van der Waals surface area contributed by atoms with Gasteiger partial charge in [-0.3, -0.25) is 0 Å². The van der Waals surface area contributed by atoms with Gasteiger partial charge in [0.05, 0.1) is 5.69 Å². The highest BCUT2D eigenvalue weighted by Gasteiger charge is 2.13. The number of para-hydroxylation sites is 1. The van der Waals surface area contributed by atoms with Crippen molar-refractivity contribution in [2.24, 2.45) is 0 Å². The number of halogens is 2. The van der Waals surface area contributed by atoms with Crippen LogP contribution in [0.2, 0.25) is 0 Å². The van der Waals surface area contributed by atoms with Crippen molar-refractivity contribution >= 4 is 10.9 Å². The molecule has 0 radical (unpaired) electrons. The van der Waals surface area contributed by atoms with Gasteiger partial charge in [0.2, 0.25) is 0 Å². The molecular weight excluding hydrogens is 296 g/mol. The van der Waals surface area contributed by atoms with Gasteiger partial charge in [0.1, 0.15) is 28.7 Å². The zero-order chi connectivity index (χ0) is 16.4. The lowest BCUT2D eigenvalue weighted by molar-refractivity contribution is 0.461. The standard InChI is InChI=1S/C19H17F2NO/c1-3-6-14-15(20)8-5-10-17(14)23-18-11-13-7-4-9-16(21)19(13)22-12(18)2/h4-5,7-11H,3,6H2,1-2H3. The molecule has 0 N–H and O–H groups in total. The number of aryl methyl sites for hydroxylation is 1. The molecule has 3 rings (SSSR count). The highest BCUT2D eigenvalue weighted by Crippen LogP contribution is 2.32. The zero-order valence-corrected chi connectivity index (χ0v) is 13.1. The summed E-state index contributed by atoms with van der Waals surface area (Å²) in [4.78, 5) is 4.28. The molecule has 0 aliphatic heterocycles. The van der Waals surface area contributed by atoms with Crippen LogP contribution in [0.15, 0.2) is 42.5 Å². The predicted octanol–water partition coefficient (Wildman–Crippen LogP) is 5.57. The molecule has 0 spiro atoms. The molecule has 0 aliphatic rings. The topological polar surface area (TPSA) is 22.1 Å². The van der Waals surface area contributed by atoms with Crippen molar-refractivity contribution < 1.29 is 13.5 Å². The third-order valence-electron chi connectivity index (χ3n) is 3.74. The van der Waals surface area contributed by atoms with E-state index in [0.717, 1.165) is 6.42 Å². The van der Waals surface area contributed by atoms with Gasteiger partial charge in [-0.1, -0.05) is 31.5 Å². The van der Waals surface area contributed by atoms with Crippen molar-refractivity contribution in [3.8, 4) is 11.5 Å². The summed E-state index contributed by atoms with van der Waals surface area (Å²) in [6.07, 6.45) is 1.41. The van der Waals surface area contributed by atoms with E-state index in [4.69, 9.17) is 4.74 Å². The van der Waals surface area contributed by atoms with Gasteiger partial charge in [-0.05, 0) is 37.6 Å². The van der Waals surface area contributed by atoms with Crippen LogP contribution in [0.4, 0.5) is 8.78 Å². The van der Waals surface area contributed by atoms with E-state index in [0.29, 0.717) is 40.1 Å². The summed E-state index contributed by atoms with van der Waals surface area (Å²) >= 11 is 0. The summed E-state index contributed by atoms with van der Waals surface area (Å²) in [6, 6.07) is 11.3.